The van der Waals surface area contributed by atoms with Crippen LogP contribution in [0.3, 0.4) is 0 Å². The maximum atomic E-state index is 13.2. The first-order chi connectivity index (χ1) is 6.99. The molecule has 0 atom stereocenters. The van der Waals surface area contributed by atoms with E-state index in [4.69, 9.17) is 28.3 Å². The summed E-state index contributed by atoms with van der Waals surface area (Å²) in [5, 5.41) is 9.09. The van der Waals surface area contributed by atoms with Crippen LogP contribution in [-0.4, -0.2) is 11.1 Å². The van der Waals surface area contributed by atoms with Crippen LogP contribution in [-0.2, 0) is 10.2 Å². The minimum Gasteiger partial charge on any atom is -0.481 e. The molecule has 0 spiro atoms. The highest BCUT2D eigenvalue weighted by molar-refractivity contribution is 6.36. The lowest BCUT2D eigenvalue weighted by atomic mass is 9.96. The molecule has 0 radical (unpaired) electrons. The first-order valence-electron chi connectivity index (χ1n) is 4.36. The number of rotatable bonds is 2. The van der Waals surface area contributed by atoms with E-state index >= 15 is 0 Å². The Morgan fingerprint density at radius 2 is 2.00 bits per heavy atom. The molecule has 1 aliphatic carbocycles. The summed E-state index contributed by atoms with van der Waals surface area (Å²) in [7, 11) is 0. The molecule has 1 saturated carbocycles. The average molecular weight is 249 g/mol. The molecule has 1 fully saturated rings. The van der Waals surface area contributed by atoms with E-state index in [-0.39, 0.29) is 15.6 Å². The summed E-state index contributed by atoms with van der Waals surface area (Å²) in [4.78, 5) is 11.1. The normalized spacial score (nSPS) is 17.5. The Morgan fingerprint density at radius 3 is 2.47 bits per heavy atom. The van der Waals surface area contributed by atoms with Crippen LogP contribution in [0, 0.1) is 5.82 Å². The van der Waals surface area contributed by atoms with Crippen molar-refractivity contribution in [2.24, 2.45) is 0 Å². The number of carboxylic acid groups (broad SMARTS) is 1. The Bertz CT molecular complexity index is 441. The number of carbonyl (C=O) groups is 1. The van der Waals surface area contributed by atoms with E-state index in [0.717, 1.165) is 6.07 Å². The molecule has 0 saturated heterocycles. The summed E-state index contributed by atoms with van der Waals surface area (Å²) >= 11 is 11.6. The van der Waals surface area contributed by atoms with Crippen molar-refractivity contribution >= 4 is 29.2 Å². The standard InChI is InChI=1S/C10H7Cl2FO2/c11-5-1-2-6(13)8(12)7(5)10(3-4-10)9(14)15/h1-2H,3-4H2,(H,14,15). The van der Waals surface area contributed by atoms with Crippen LogP contribution in [0.4, 0.5) is 4.39 Å². The maximum Gasteiger partial charge on any atom is 0.314 e. The van der Waals surface area contributed by atoms with Crippen LogP contribution >= 0.6 is 23.2 Å². The number of carboxylic acids is 1. The van der Waals surface area contributed by atoms with Crippen LogP contribution in [0.1, 0.15) is 18.4 Å². The van der Waals surface area contributed by atoms with Crippen molar-refractivity contribution < 1.29 is 14.3 Å². The molecule has 2 rings (SSSR count). The summed E-state index contributed by atoms with van der Waals surface area (Å²) in [6.07, 6.45) is 0.899. The van der Waals surface area contributed by atoms with E-state index in [1.165, 1.54) is 6.07 Å². The van der Waals surface area contributed by atoms with E-state index < -0.39 is 17.2 Å². The molecular weight excluding hydrogens is 242 g/mol. The van der Waals surface area contributed by atoms with Gasteiger partial charge in [-0.3, -0.25) is 4.79 Å². The number of hydrogen-bond acceptors (Lipinski definition) is 1. The summed E-state index contributed by atoms with van der Waals surface area (Å²) in [5.74, 6) is -1.64. The van der Waals surface area contributed by atoms with Crippen molar-refractivity contribution in [1.29, 1.82) is 0 Å². The van der Waals surface area contributed by atoms with Crippen molar-refractivity contribution in [3.8, 4) is 0 Å². The second kappa shape index (κ2) is 3.35. The first-order valence-corrected chi connectivity index (χ1v) is 5.12. The van der Waals surface area contributed by atoms with Gasteiger partial charge in [0.25, 0.3) is 0 Å². The Balaban J connectivity index is 2.62. The van der Waals surface area contributed by atoms with Gasteiger partial charge in [-0.1, -0.05) is 23.2 Å². The zero-order valence-corrected chi connectivity index (χ0v) is 9.07. The lowest BCUT2D eigenvalue weighted by Gasteiger charge is -2.14. The van der Waals surface area contributed by atoms with Crippen molar-refractivity contribution in [2.75, 3.05) is 0 Å². The lowest BCUT2D eigenvalue weighted by Crippen LogP contribution is -2.20. The molecule has 5 heteroatoms. The number of aliphatic carboxylic acids is 1. The van der Waals surface area contributed by atoms with Crippen LogP contribution < -0.4 is 0 Å². The Hall–Kier alpha value is -0.800. The third kappa shape index (κ3) is 1.50. The van der Waals surface area contributed by atoms with E-state index in [1.54, 1.807) is 0 Å². The first kappa shape index (κ1) is 10.7. The zero-order chi connectivity index (χ0) is 11.2. The highest BCUT2D eigenvalue weighted by Gasteiger charge is 2.54. The van der Waals surface area contributed by atoms with E-state index in [9.17, 15) is 9.18 Å². The molecule has 0 amide bonds. The molecule has 1 aliphatic rings. The van der Waals surface area contributed by atoms with Crippen molar-refractivity contribution in [1.82, 2.24) is 0 Å². The fourth-order valence-electron chi connectivity index (χ4n) is 1.66. The predicted octanol–water partition coefficient (Wildman–Crippen LogP) is 3.25. The van der Waals surface area contributed by atoms with Gasteiger partial charge in [0.05, 0.1) is 10.4 Å². The largest absolute Gasteiger partial charge is 0.481 e. The molecular formula is C10H7Cl2FO2. The average Bonchev–Trinajstić information content (AvgIpc) is 2.93. The predicted molar refractivity (Wildman–Crippen MR) is 55.0 cm³/mol. The van der Waals surface area contributed by atoms with Crippen molar-refractivity contribution in [3.63, 3.8) is 0 Å². The Kier molecular flexibility index (Phi) is 2.40. The second-order valence-corrected chi connectivity index (χ2v) is 4.39. The molecule has 0 aromatic heterocycles. The molecule has 15 heavy (non-hydrogen) atoms. The summed E-state index contributed by atoms with van der Waals surface area (Å²) in [6.45, 7) is 0. The SMILES string of the molecule is O=C(O)C1(c2c(Cl)ccc(F)c2Cl)CC1. The molecule has 1 aromatic carbocycles. The van der Waals surface area contributed by atoms with Crippen LogP contribution in [0.25, 0.3) is 0 Å². The maximum absolute atomic E-state index is 13.2. The molecule has 80 valence electrons. The summed E-state index contributed by atoms with van der Waals surface area (Å²) in [6, 6.07) is 2.47. The van der Waals surface area contributed by atoms with Gasteiger partial charge >= 0.3 is 5.97 Å². The quantitative estimate of drug-likeness (QED) is 0.817. The van der Waals surface area contributed by atoms with Gasteiger partial charge in [0.15, 0.2) is 0 Å². The molecule has 0 unspecified atom stereocenters. The zero-order valence-electron chi connectivity index (χ0n) is 7.56. The van der Waals surface area contributed by atoms with Gasteiger partial charge in [-0.25, -0.2) is 4.39 Å². The highest BCUT2D eigenvalue weighted by atomic mass is 35.5. The van der Waals surface area contributed by atoms with Crippen LogP contribution in [0.2, 0.25) is 10.0 Å². The minimum atomic E-state index is -1.07. The molecule has 1 N–H and O–H groups in total. The summed E-state index contributed by atoms with van der Waals surface area (Å²) in [5.41, 5.74) is -0.866. The van der Waals surface area contributed by atoms with Crippen molar-refractivity contribution in [3.05, 3.63) is 33.6 Å². The Labute approximate surface area is 95.6 Å². The number of benzene rings is 1. The molecule has 2 nitrogen and oxygen atoms in total. The molecule has 0 heterocycles. The monoisotopic (exact) mass is 248 g/mol. The van der Waals surface area contributed by atoms with E-state index in [1.807, 2.05) is 0 Å². The third-order valence-electron chi connectivity index (χ3n) is 2.68. The molecule has 1 aromatic rings. The fraction of sp³-hybridized carbons (Fsp3) is 0.300. The summed E-state index contributed by atoms with van der Waals surface area (Å²) < 4.78 is 13.2. The van der Waals surface area contributed by atoms with Gasteiger partial charge in [0, 0.05) is 10.6 Å². The second-order valence-electron chi connectivity index (χ2n) is 3.61. The van der Waals surface area contributed by atoms with Gasteiger partial charge < -0.3 is 5.11 Å². The topological polar surface area (TPSA) is 37.3 Å². The van der Waals surface area contributed by atoms with Gasteiger partial charge in [0.2, 0.25) is 0 Å². The molecule has 0 aliphatic heterocycles. The van der Waals surface area contributed by atoms with Gasteiger partial charge in [-0.2, -0.15) is 0 Å². The minimum absolute atomic E-state index is 0.178. The number of hydrogen-bond donors (Lipinski definition) is 1. The van der Waals surface area contributed by atoms with E-state index in [0.29, 0.717) is 12.8 Å². The van der Waals surface area contributed by atoms with E-state index in [2.05, 4.69) is 0 Å². The highest BCUT2D eigenvalue weighted by Crippen LogP contribution is 2.53. The van der Waals surface area contributed by atoms with Gasteiger partial charge in [-0.05, 0) is 25.0 Å². The van der Waals surface area contributed by atoms with Gasteiger partial charge in [0.1, 0.15) is 5.82 Å². The smallest absolute Gasteiger partial charge is 0.314 e. The lowest BCUT2D eigenvalue weighted by molar-refractivity contribution is -0.140. The van der Waals surface area contributed by atoms with Crippen molar-refractivity contribution in [2.45, 2.75) is 18.3 Å². The van der Waals surface area contributed by atoms with Crippen LogP contribution in [0.5, 0.6) is 0 Å². The van der Waals surface area contributed by atoms with Crippen LogP contribution in [0.15, 0.2) is 12.1 Å². The fourth-order valence-corrected chi connectivity index (χ4v) is 2.39. The third-order valence-corrected chi connectivity index (χ3v) is 3.37. The molecule has 0 bridgehead atoms. The Morgan fingerprint density at radius 1 is 1.40 bits per heavy atom. The number of halogens is 3. The van der Waals surface area contributed by atoms with Gasteiger partial charge in [-0.15, -0.1) is 0 Å².